The Hall–Kier alpha value is -4.04. The van der Waals surface area contributed by atoms with Crippen LogP contribution in [0.25, 0.3) is 10.8 Å². The molecule has 1 amide bonds. The number of ether oxygens (including phenoxy) is 2. The van der Waals surface area contributed by atoms with E-state index >= 15 is 0 Å². The van der Waals surface area contributed by atoms with Gasteiger partial charge in [0.05, 0.1) is 7.11 Å². The van der Waals surface area contributed by atoms with Crippen molar-refractivity contribution in [2.45, 2.75) is 38.8 Å². The minimum atomic E-state index is -4.76. The lowest BCUT2D eigenvalue weighted by Gasteiger charge is -2.24. The quantitative estimate of drug-likeness (QED) is 0.224. The first-order valence-corrected chi connectivity index (χ1v) is 12.7. The van der Waals surface area contributed by atoms with E-state index in [4.69, 9.17) is 4.74 Å². The van der Waals surface area contributed by atoms with Gasteiger partial charge < -0.3 is 19.7 Å². The Morgan fingerprint density at radius 3 is 2.05 bits per heavy atom. The zero-order valence-corrected chi connectivity index (χ0v) is 21.9. The molecule has 1 atom stereocenters. The van der Waals surface area contributed by atoms with E-state index in [0.717, 1.165) is 16.5 Å². The summed E-state index contributed by atoms with van der Waals surface area (Å²) in [5, 5.41) is 5.80. The van der Waals surface area contributed by atoms with Gasteiger partial charge >= 0.3 is 6.36 Å². The van der Waals surface area contributed by atoms with E-state index in [1.165, 1.54) is 29.7 Å². The van der Waals surface area contributed by atoms with Crippen LogP contribution in [0.5, 0.6) is 11.5 Å². The number of carbonyl (C=O) groups is 1. The Morgan fingerprint density at radius 2 is 1.44 bits per heavy atom. The summed E-state index contributed by atoms with van der Waals surface area (Å²) in [6.45, 7) is 3.14. The molecule has 204 valence electrons. The molecular weight excluding hydrogens is 505 g/mol. The van der Waals surface area contributed by atoms with Gasteiger partial charge in [0, 0.05) is 32.1 Å². The first-order chi connectivity index (χ1) is 18.7. The van der Waals surface area contributed by atoms with Gasteiger partial charge in [0.1, 0.15) is 11.5 Å². The second-order valence-corrected chi connectivity index (χ2v) is 9.28. The van der Waals surface area contributed by atoms with E-state index in [-0.39, 0.29) is 30.7 Å². The number of benzene rings is 4. The molecule has 0 unspecified atom stereocenters. The molecule has 4 rings (SSSR count). The number of hydrogen-bond acceptors (Lipinski definition) is 4. The summed E-state index contributed by atoms with van der Waals surface area (Å²) in [7, 11) is 1.59. The highest BCUT2D eigenvalue weighted by Gasteiger charge is 2.31. The van der Waals surface area contributed by atoms with Crippen LogP contribution in [0, 0.1) is 0 Å². The van der Waals surface area contributed by atoms with Crippen LogP contribution in [0.1, 0.15) is 36.1 Å². The molecule has 4 aromatic carbocycles. The maximum Gasteiger partial charge on any atom is 0.573 e. The lowest BCUT2D eigenvalue weighted by molar-refractivity contribution is -0.274. The average molecular weight is 537 g/mol. The molecule has 0 radical (unpaired) electrons. The molecule has 1 N–H and O–H groups in total. The number of alkyl halides is 3. The van der Waals surface area contributed by atoms with Gasteiger partial charge in [-0.3, -0.25) is 4.79 Å². The Morgan fingerprint density at radius 1 is 0.846 bits per heavy atom. The van der Waals surface area contributed by atoms with Crippen molar-refractivity contribution in [2.24, 2.45) is 0 Å². The van der Waals surface area contributed by atoms with E-state index in [2.05, 4.69) is 41.2 Å². The molecule has 8 heteroatoms. The van der Waals surface area contributed by atoms with Crippen molar-refractivity contribution in [1.29, 1.82) is 0 Å². The molecular formula is C31H31F3N2O3. The van der Waals surface area contributed by atoms with Gasteiger partial charge in [-0.2, -0.15) is 0 Å². The molecule has 0 heterocycles. The number of carbonyl (C=O) groups excluding carboxylic acids is 1. The molecule has 0 saturated carbocycles. The van der Waals surface area contributed by atoms with Crippen LogP contribution in [-0.4, -0.2) is 30.8 Å². The molecule has 0 fully saturated rings. The second-order valence-electron chi connectivity index (χ2n) is 9.28. The summed E-state index contributed by atoms with van der Waals surface area (Å²) in [6.07, 6.45) is -4.49. The van der Waals surface area contributed by atoms with Crippen molar-refractivity contribution >= 4 is 16.7 Å². The Balaban J connectivity index is 1.43. The largest absolute Gasteiger partial charge is 0.573 e. The predicted molar refractivity (Wildman–Crippen MR) is 145 cm³/mol. The van der Waals surface area contributed by atoms with E-state index in [0.29, 0.717) is 24.4 Å². The molecule has 0 bridgehead atoms. The Bertz CT molecular complexity index is 1370. The van der Waals surface area contributed by atoms with Gasteiger partial charge in [-0.1, -0.05) is 66.7 Å². The fourth-order valence-electron chi connectivity index (χ4n) is 4.49. The number of amides is 1. The first-order valence-electron chi connectivity index (χ1n) is 12.7. The average Bonchev–Trinajstić information content (AvgIpc) is 2.93. The standard InChI is InChI=1S/C31H31F3N2O3/c1-22(28-9-5-7-25-6-3-4-8-29(25)28)35-19-18-30(37)36(20-23-10-14-26(38-2)15-11-23)21-24-12-16-27(17-13-24)39-31(32,33)34/h3-17,22,35H,18-21H2,1-2H3/t22-/m1/s1. The third kappa shape index (κ3) is 7.97. The van der Waals surface area contributed by atoms with Crippen LogP contribution in [0.4, 0.5) is 13.2 Å². The SMILES string of the molecule is COc1ccc(CN(Cc2ccc(OC(F)(F)F)cc2)C(=O)CCN[C@H](C)c2cccc3ccccc23)cc1. The molecule has 5 nitrogen and oxygen atoms in total. The summed E-state index contributed by atoms with van der Waals surface area (Å²) in [6, 6.07) is 27.5. The van der Waals surface area contributed by atoms with E-state index in [9.17, 15) is 18.0 Å². The number of nitrogens with zero attached hydrogens (tertiary/aromatic N) is 1. The topological polar surface area (TPSA) is 50.8 Å². The van der Waals surface area contributed by atoms with Gasteiger partial charge in [-0.15, -0.1) is 13.2 Å². The highest BCUT2D eigenvalue weighted by atomic mass is 19.4. The van der Waals surface area contributed by atoms with Gasteiger partial charge in [-0.25, -0.2) is 0 Å². The van der Waals surface area contributed by atoms with Crippen LogP contribution in [-0.2, 0) is 17.9 Å². The smallest absolute Gasteiger partial charge is 0.497 e. The lowest BCUT2D eigenvalue weighted by atomic mass is 9.99. The predicted octanol–water partition coefficient (Wildman–Crippen LogP) is 7.02. The van der Waals surface area contributed by atoms with Crippen molar-refractivity contribution in [2.75, 3.05) is 13.7 Å². The fraction of sp³-hybridized carbons (Fsp3) is 0.258. The van der Waals surface area contributed by atoms with Crippen LogP contribution < -0.4 is 14.8 Å². The number of rotatable bonds is 11. The van der Waals surface area contributed by atoms with Crippen LogP contribution >= 0.6 is 0 Å². The van der Waals surface area contributed by atoms with Crippen molar-refractivity contribution in [3.63, 3.8) is 0 Å². The number of halogens is 3. The molecule has 0 saturated heterocycles. The fourth-order valence-corrected chi connectivity index (χ4v) is 4.49. The third-order valence-electron chi connectivity index (χ3n) is 6.49. The zero-order chi connectivity index (χ0) is 27.8. The minimum Gasteiger partial charge on any atom is -0.497 e. The number of nitrogens with one attached hydrogen (secondary N) is 1. The van der Waals surface area contributed by atoms with Gasteiger partial charge in [0.25, 0.3) is 0 Å². The summed E-state index contributed by atoms with van der Waals surface area (Å²) in [5.41, 5.74) is 2.78. The summed E-state index contributed by atoms with van der Waals surface area (Å²) in [5.74, 6) is 0.341. The van der Waals surface area contributed by atoms with E-state index in [1.54, 1.807) is 12.0 Å². The van der Waals surface area contributed by atoms with Crippen molar-refractivity contribution in [1.82, 2.24) is 10.2 Å². The number of methoxy groups -OCH3 is 1. The first kappa shape index (κ1) is 28.0. The molecule has 0 spiro atoms. The molecule has 0 aliphatic heterocycles. The third-order valence-corrected chi connectivity index (χ3v) is 6.49. The maximum absolute atomic E-state index is 13.3. The van der Waals surface area contributed by atoms with E-state index < -0.39 is 6.36 Å². The molecule has 0 aromatic heterocycles. The lowest BCUT2D eigenvalue weighted by Crippen LogP contribution is -2.33. The highest BCUT2D eigenvalue weighted by Crippen LogP contribution is 2.25. The van der Waals surface area contributed by atoms with Crippen molar-refractivity contribution < 1.29 is 27.4 Å². The molecule has 0 aliphatic carbocycles. The molecule has 4 aromatic rings. The zero-order valence-electron chi connectivity index (χ0n) is 21.9. The molecule has 0 aliphatic rings. The summed E-state index contributed by atoms with van der Waals surface area (Å²) >= 11 is 0. The Kier molecular flexibility index (Phi) is 9.09. The van der Waals surface area contributed by atoms with Crippen LogP contribution in [0.15, 0.2) is 91.0 Å². The van der Waals surface area contributed by atoms with Crippen molar-refractivity contribution in [3.8, 4) is 11.5 Å². The maximum atomic E-state index is 13.3. The highest BCUT2D eigenvalue weighted by molar-refractivity contribution is 5.86. The number of fused-ring (bicyclic) bond motifs is 1. The van der Waals surface area contributed by atoms with Gasteiger partial charge in [-0.05, 0) is 58.7 Å². The van der Waals surface area contributed by atoms with Gasteiger partial charge in [0.2, 0.25) is 5.91 Å². The molecule has 39 heavy (non-hydrogen) atoms. The van der Waals surface area contributed by atoms with Crippen LogP contribution in [0.2, 0.25) is 0 Å². The second kappa shape index (κ2) is 12.7. The normalized spacial score (nSPS) is 12.2. The number of hydrogen-bond donors (Lipinski definition) is 1. The van der Waals surface area contributed by atoms with Crippen molar-refractivity contribution in [3.05, 3.63) is 108 Å². The minimum absolute atomic E-state index is 0.0418. The van der Waals surface area contributed by atoms with Crippen LogP contribution in [0.3, 0.4) is 0 Å². The van der Waals surface area contributed by atoms with Gasteiger partial charge in [0.15, 0.2) is 0 Å². The monoisotopic (exact) mass is 536 g/mol. The summed E-state index contributed by atoms with van der Waals surface area (Å²) < 4.78 is 46.8. The van der Waals surface area contributed by atoms with E-state index in [1.807, 2.05) is 42.5 Å². The summed E-state index contributed by atoms with van der Waals surface area (Å²) in [4.78, 5) is 15.0. The Labute approximate surface area is 226 Å².